The third-order valence-corrected chi connectivity index (χ3v) is 1.93. The first-order valence-corrected chi connectivity index (χ1v) is 3.47. The van der Waals surface area contributed by atoms with Gasteiger partial charge in [-0.1, -0.05) is 12.8 Å². The van der Waals surface area contributed by atoms with E-state index in [0.717, 1.165) is 25.7 Å². The molecule has 0 amide bonds. The Bertz CT molecular complexity index is 161. The molecule has 4 heteroatoms. The number of ketones is 1. The van der Waals surface area contributed by atoms with Crippen molar-refractivity contribution < 1.29 is 44.3 Å². The Labute approximate surface area is 87.5 Å². The summed E-state index contributed by atoms with van der Waals surface area (Å²) >= 11 is 0. The molecule has 0 aromatic rings. The monoisotopic (exact) mass is 164 g/mol. The molecule has 0 aromatic carbocycles. The quantitative estimate of drug-likeness (QED) is 0.314. The van der Waals surface area contributed by atoms with Crippen LogP contribution in [0.4, 0.5) is 0 Å². The molecule has 3 nitrogen and oxygen atoms in total. The molecular formula is C7H9NaO3. The van der Waals surface area contributed by atoms with Gasteiger partial charge in [0.1, 0.15) is 5.97 Å². The molecule has 0 saturated heterocycles. The zero-order chi connectivity index (χ0) is 7.56. The summed E-state index contributed by atoms with van der Waals surface area (Å²) in [6.45, 7) is 0. The Morgan fingerprint density at radius 3 is 2.00 bits per heavy atom. The van der Waals surface area contributed by atoms with Crippen molar-refractivity contribution in [2.45, 2.75) is 25.7 Å². The SMILES string of the molecule is O=C([O-])C(=O)C1CCCC1.[Na+]. The fourth-order valence-electron chi connectivity index (χ4n) is 1.35. The fourth-order valence-corrected chi connectivity index (χ4v) is 1.35. The predicted molar refractivity (Wildman–Crippen MR) is 32.0 cm³/mol. The topological polar surface area (TPSA) is 57.2 Å². The van der Waals surface area contributed by atoms with E-state index in [1.807, 2.05) is 0 Å². The Morgan fingerprint density at radius 1 is 1.18 bits per heavy atom. The van der Waals surface area contributed by atoms with Gasteiger partial charge in [0.15, 0.2) is 5.78 Å². The van der Waals surface area contributed by atoms with Crippen LogP contribution in [0.15, 0.2) is 0 Å². The van der Waals surface area contributed by atoms with E-state index in [4.69, 9.17) is 0 Å². The van der Waals surface area contributed by atoms with Crippen molar-refractivity contribution in [2.24, 2.45) is 5.92 Å². The zero-order valence-corrected chi connectivity index (χ0v) is 8.63. The maximum absolute atomic E-state index is 10.7. The van der Waals surface area contributed by atoms with E-state index in [-0.39, 0.29) is 35.5 Å². The minimum atomic E-state index is -1.52. The van der Waals surface area contributed by atoms with E-state index in [0.29, 0.717) is 0 Å². The van der Waals surface area contributed by atoms with Crippen LogP contribution >= 0.6 is 0 Å². The molecule has 0 N–H and O–H groups in total. The van der Waals surface area contributed by atoms with Gasteiger partial charge in [-0.25, -0.2) is 0 Å². The number of hydrogen-bond acceptors (Lipinski definition) is 3. The third-order valence-electron chi connectivity index (χ3n) is 1.93. The molecule has 1 saturated carbocycles. The summed E-state index contributed by atoms with van der Waals surface area (Å²) in [4.78, 5) is 20.7. The molecule has 0 unspecified atom stereocenters. The van der Waals surface area contributed by atoms with Gasteiger partial charge in [0.25, 0.3) is 0 Å². The second kappa shape index (κ2) is 4.91. The number of hydrogen-bond donors (Lipinski definition) is 0. The van der Waals surface area contributed by atoms with E-state index in [9.17, 15) is 14.7 Å². The summed E-state index contributed by atoms with van der Waals surface area (Å²) in [7, 11) is 0. The summed E-state index contributed by atoms with van der Waals surface area (Å²) in [6, 6.07) is 0. The van der Waals surface area contributed by atoms with Gasteiger partial charge in [0.05, 0.1) is 0 Å². The van der Waals surface area contributed by atoms with Crippen LogP contribution in [-0.4, -0.2) is 11.8 Å². The van der Waals surface area contributed by atoms with Crippen molar-refractivity contribution in [1.82, 2.24) is 0 Å². The van der Waals surface area contributed by atoms with Gasteiger partial charge in [-0.05, 0) is 12.8 Å². The molecule has 0 spiro atoms. The second-order valence-electron chi connectivity index (χ2n) is 2.63. The molecule has 1 fully saturated rings. The summed E-state index contributed by atoms with van der Waals surface area (Å²) < 4.78 is 0. The van der Waals surface area contributed by atoms with Crippen LogP contribution in [0, 0.1) is 5.92 Å². The molecule has 1 aliphatic rings. The Morgan fingerprint density at radius 2 is 1.64 bits per heavy atom. The molecule has 0 atom stereocenters. The molecule has 0 aromatic heterocycles. The van der Waals surface area contributed by atoms with E-state index in [1.165, 1.54) is 0 Å². The van der Waals surface area contributed by atoms with Crippen molar-refractivity contribution in [2.75, 3.05) is 0 Å². The molecule has 11 heavy (non-hydrogen) atoms. The maximum atomic E-state index is 10.7. The van der Waals surface area contributed by atoms with Gasteiger partial charge in [0.2, 0.25) is 0 Å². The van der Waals surface area contributed by atoms with Crippen molar-refractivity contribution in [3.63, 3.8) is 0 Å². The number of carboxylic acid groups (broad SMARTS) is 1. The third kappa shape index (κ3) is 2.93. The van der Waals surface area contributed by atoms with Gasteiger partial charge in [-0.15, -0.1) is 0 Å². The zero-order valence-electron chi connectivity index (χ0n) is 6.63. The molecule has 1 rings (SSSR count). The Balaban J connectivity index is 0.000001000. The number of carbonyl (C=O) groups is 2. The maximum Gasteiger partial charge on any atom is 1.00 e. The molecule has 0 bridgehead atoms. The van der Waals surface area contributed by atoms with Crippen molar-refractivity contribution in [3.8, 4) is 0 Å². The van der Waals surface area contributed by atoms with E-state index in [1.54, 1.807) is 0 Å². The summed E-state index contributed by atoms with van der Waals surface area (Å²) in [5, 5.41) is 10.0. The first kappa shape index (κ1) is 11.1. The van der Waals surface area contributed by atoms with Gasteiger partial charge < -0.3 is 9.90 Å². The van der Waals surface area contributed by atoms with Gasteiger partial charge in [-0.2, -0.15) is 0 Å². The standard InChI is InChI=1S/C7H10O3.Na/c8-6(7(9)10)5-3-1-2-4-5;/h5H,1-4H2,(H,9,10);/q;+1/p-1. The van der Waals surface area contributed by atoms with E-state index in [2.05, 4.69) is 0 Å². The number of aliphatic carboxylic acids is 1. The van der Waals surface area contributed by atoms with Crippen LogP contribution in [0.5, 0.6) is 0 Å². The van der Waals surface area contributed by atoms with E-state index >= 15 is 0 Å². The fraction of sp³-hybridized carbons (Fsp3) is 0.714. The summed E-state index contributed by atoms with van der Waals surface area (Å²) in [5.41, 5.74) is 0. The minimum Gasteiger partial charge on any atom is -0.542 e. The van der Waals surface area contributed by atoms with Crippen molar-refractivity contribution >= 4 is 11.8 Å². The number of Topliss-reactive ketones (excluding diaryl/α,β-unsaturated/α-hetero) is 1. The smallest absolute Gasteiger partial charge is 0.542 e. The first-order valence-electron chi connectivity index (χ1n) is 3.47. The Kier molecular flexibility index (Phi) is 4.97. The van der Waals surface area contributed by atoms with E-state index < -0.39 is 11.8 Å². The van der Waals surface area contributed by atoms with Crippen LogP contribution in [-0.2, 0) is 9.59 Å². The van der Waals surface area contributed by atoms with Crippen LogP contribution < -0.4 is 34.7 Å². The van der Waals surface area contributed by atoms with Crippen molar-refractivity contribution in [1.29, 1.82) is 0 Å². The number of carboxylic acids is 1. The Hall–Kier alpha value is 0.140. The molecule has 0 radical (unpaired) electrons. The van der Waals surface area contributed by atoms with Gasteiger partial charge in [-0.3, -0.25) is 4.79 Å². The largest absolute Gasteiger partial charge is 1.00 e. The summed E-state index contributed by atoms with van der Waals surface area (Å²) in [5.74, 6) is -2.48. The first-order chi connectivity index (χ1) is 4.72. The molecule has 0 heterocycles. The van der Waals surface area contributed by atoms with Crippen LogP contribution in [0.3, 0.4) is 0 Å². The molecule has 0 aliphatic heterocycles. The molecular weight excluding hydrogens is 155 g/mol. The molecule has 1 aliphatic carbocycles. The van der Waals surface area contributed by atoms with Crippen molar-refractivity contribution in [3.05, 3.63) is 0 Å². The number of carbonyl (C=O) groups excluding carboxylic acids is 2. The van der Waals surface area contributed by atoms with Gasteiger partial charge in [0, 0.05) is 5.92 Å². The van der Waals surface area contributed by atoms with Crippen LogP contribution in [0.1, 0.15) is 25.7 Å². The van der Waals surface area contributed by atoms with Gasteiger partial charge >= 0.3 is 29.6 Å². The minimum absolute atomic E-state index is 0. The average Bonchev–Trinajstić information content (AvgIpc) is 2.36. The van der Waals surface area contributed by atoms with Crippen LogP contribution in [0.25, 0.3) is 0 Å². The van der Waals surface area contributed by atoms with Crippen LogP contribution in [0.2, 0.25) is 0 Å². The normalized spacial score (nSPS) is 17.5. The molecule has 56 valence electrons. The summed E-state index contributed by atoms with van der Waals surface area (Å²) in [6.07, 6.45) is 3.41. The predicted octanol–water partition coefficient (Wildman–Crippen LogP) is -3.50. The second-order valence-corrected chi connectivity index (χ2v) is 2.63. The average molecular weight is 164 g/mol. The number of rotatable bonds is 2.